The van der Waals surface area contributed by atoms with Crippen LogP contribution in [0.4, 0.5) is 0 Å². The molecule has 18 heavy (non-hydrogen) atoms. The Bertz CT molecular complexity index is 686. The fourth-order valence-electron chi connectivity index (χ4n) is 2.18. The first-order valence-corrected chi connectivity index (χ1v) is 6.54. The van der Waals surface area contributed by atoms with Gasteiger partial charge in [0.2, 0.25) is 0 Å². The minimum absolute atomic E-state index is 0.752. The molecule has 0 spiro atoms. The fraction of sp³-hybridized carbons (Fsp3) is 0.133. The average Bonchev–Trinajstić information content (AvgIpc) is 2.77. The number of hydrogen-bond donors (Lipinski definition) is 1. The lowest BCUT2D eigenvalue weighted by Crippen LogP contribution is -1.92. The third-order valence-electron chi connectivity index (χ3n) is 3.16. The van der Waals surface area contributed by atoms with E-state index in [1.54, 1.807) is 0 Å². The largest absolute Gasteiger partial charge is 0.327 e. The summed E-state index contributed by atoms with van der Waals surface area (Å²) in [5, 5.41) is 0. The average molecular weight is 254 g/mol. The Morgan fingerprint density at radius 2 is 1.89 bits per heavy atom. The molecule has 2 nitrogen and oxygen atoms in total. The van der Waals surface area contributed by atoms with E-state index in [4.69, 9.17) is 4.98 Å². The number of aryl methyl sites for hydroxylation is 1. The predicted octanol–water partition coefficient (Wildman–Crippen LogP) is 3.67. The van der Waals surface area contributed by atoms with Gasteiger partial charge in [-0.1, -0.05) is 36.4 Å². The number of imidazole rings is 1. The summed E-state index contributed by atoms with van der Waals surface area (Å²) in [4.78, 5) is 4.70. The second kappa shape index (κ2) is 4.50. The van der Waals surface area contributed by atoms with Crippen LogP contribution in [0.2, 0.25) is 0 Å². The van der Waals surface area contributed by atoms with Crippen molar-refractivity contribution in [2.75, 3.05) is 0 Å². The Morgan fingerprint density at radius 1 is 1.11 bits per heavy atom. The van der Waals surface area contributed by atoms with Crippen molar-refractivity contribution in [3.8, 4) is 11.4 Å². The lowest BCUT2D eigenvalue weighted by molar-refractivity contribution is 0.959. The molecular weight excluding hydrogens is 240 g/mol. The van der Waals surface area contributed by atoms with Gasteiger partial charge < -0.3 is 4.57 Å². The fourth-order valence-corrected chi connectivity index (χ4v) is 2.38. The monoisotopic (exact) mass is 254 g/mol. The van der Waals surface area contributed by atoms with Crippen molar-refractivity contribution in [1.29, 1.82) is 0 Å². The van der Waals surface area contributed by atoms with Crippen LogP contribution in [0.3, 0.4) is 0 Å². The van der Waals surface area contributed by atoms with E-state index in [1.807, 2.05) is 18.2 Å². The molecule has 3 heteroatoms. The molecule has 0 N–H and O–H groups in total. The van der Waals surface area contributed by atoms with Gasteiger partial charge >= 0.3 is 0 Å². The van der Waals surface area contributed by atoms with Crippen molar-refractivity contribution >= 4 is 23.7 Å². The molecule has 0 saturated heterocycles. The normalized spacial score (nSPS) is 11.0. The summed E-state index contributed by atoms with van der Waals surface area (Å²) < 4.78 is 2.14. The van der Waals surface area contributed by atoms with E-state index in [0.717, 1.165) is 28.2 Å². The minimum Gasteiger partial charge on any atom is -0.327 e. The van der Waals surface area contributed by atoms with Crippen molar-refractivity contribution in [2.24, 2.45) is 7.05 Å². The van der Waals surface area contributed by atoms with Gasteiger partial charge in [-0.2, -0.15) is 12.6 Å². The summed E-state index contributed by atoms with van der Waals surface area (Å²) in [5.74, 6) is 1.75. The molecule has 0 aliphatic rings. The van der Waals surface area contributed by atoms with Crippen LogP contribution in [-0.2, 0) is 12.8 Å². The number of hydrogen-bond acceptors (Lipinski definition) is 2. The van der Waals surface area contributed by atoms with E-state index < -0.39 is 0 Å². The molecule has 0 atom stereocenters. The van der Waals surface area contributed by atoms with Crippen LogP contribution in [0.5, 0.6) is 0 Å². The van der Waals surface area contributed by atoms with Crippen molar-refractivity contribution in [3.63, 3.8) is 0 Å². The van der Waals surface area contributed by atoms with Crippen molar-refractivity contribution in [2.45, 2.75) is 5.75 Å². The van der Waals surface area contributed by atoms with Crippen LogP contribution < -0.4 is 0 Å². The summed E-state index contributed by atoms with van der Waals surface area (Å²) in [6.45, 7) is 0. The van der Waals surface area contributed by atoms with E-state index in [9.17, 15) is 0 Å². The summed E-state index contributed by atoms with van der Waals surface area (Å²) in [7, 11) is 2.06. The first kappa shape index (κ1) is 11.4. The van der Waals surface area contributed by atoms with Gasteiger partial charge in [0.1, 0.15) is 5.82 Å². The number of aromatic nitrogens is 2. The van der Waals surface area contributed by atoms with Gasteiger partial charge in [-0.05, 0) is 17.7 Å². The van der Waals surface area contributed by atoms with Gasteiger partial charge in [-0.3, -0.25) is 0 Å². The van der Waals surface area contributed by atoms with Crippen LogP contribution >= 0.6 is 12.6 Å². The Morgan fingerprint density at radius 3 is 2.61 bits per heavy atom. The van der Waals surface area contributed by atoms with Gasteiger partial charge in [0.25, 0.3) is 0 Å². The molecule has 0 radical (unpaired) electrons. The van der Waals surface area contributed by atoms with Crippen molar-refractivity contribution in [1.82, 2.24) is 9.55 Å². The molecule has 3 aromatic rings. The van der Waals surface area contributed by atoms with Gasteiger partial charge in [-0.25, -0.2) is 4.98 Å². The summed E-state index contributed by atoms with van der Waals surface area (Å²) in [6, 6.07) is 16.6. The highest BCUT2D eigenvalue weighted by Crippen LogP contribution is 2.24. The SMILES string of the molecule is Cn1c(-c2ccccc2)nc2ccc(CS)cc21. The molecule has 0 saturated carbocycles. The highest BCUT2D eigenvalue weighted by Gasteiger charge is 2.09. The Hall–Kier alpha value is -1.74. The predicted molar refractivity (Wildman–Crippen MR) is 78.8 cm³/mol. The summed E-state index contributed by atoms with van der Waals surface area (Å²) in [6.07, 6.45) is 0. The topological polar surface area (TPSA) is 17.8 Å². The van der Waals surface area contributed by atoms with Gasteiger partial charge in [0, 0.05) is 18.4 Å². The van der Waals surface area contributed by atoms with Crippen molar-refractivity contribution < 1.29 is 0 Å². The van der Waals surface area contributed by atoms with Crippen LogP contribution in [0, 0.1) is 0 Å². The molecule has 2 aromatic carbocycles. The Balaban J connectivity index is 2.23. The molecule has 0 unspecified atom stereocenters. The zero-order valence-electron chi connectivity index (χ0n) is 10.2. The third-order valence-corrected chi connectivity index (χ3v) is 3.52. The second-order valence-electron chi connectivity index (χ2n) is 4.34. The van der Waals surface area contributed by atoms with Crippen LogP contribution in [0.25, 0.3) is 22.4 Å². The highest BCUT2D eigenvalue weighted by molar-refractivity contribution is 7.79. The van der Waals surface area contributed by atoms with E-state index in [2.05, 4.69) is 54.6 Å². The molecule has 0 aliphatic carbocycles. The molecule has 0 aliphatic heterocycles. The standard InChI is InChI=1S/C15H14N2S/c1-17-14-9-11(10-18)7-8-13(14)16-15(17)12-5-3-2-4-6-12/h2-9,18H,10H2,1H3. The molecule has 1 aromatic heterocycles. The smallest absolute Gasteiger partial charge is 0.140 e. The Kier molecular flexibility index (Phi) is 2.84. The van der Waals surface area contributed by atoms with Crippen LogP contribution in [-0.4, -0.2) is 9.55 Å². The van der Waals surface area contributed by atoms with Crippen LogP contribution in [0.15, 0.2) is 48.5 Å². The molecule has 0 amide bonds. The van der Waals surface area contributed by atoms with Crippen molar-refractivity contribution in [3.05, 3.63) is 54.1 Å². The number of nitrogens with zero attached hydrogens (tertiary/aromatic N) is 2. The number of thiol groups is 1. The second-order valence-corrected chi connectivity index (χ2v) is 4.66. The molecule has 90 valence electrons. The van der Waals surface area contributed by atoms with E-state index in [-0.39, 0.29) is 0 Å². The number of rotatable bonds is 2. The molecular formula is C15H14N2S. The maximum Gasteiger partial charge on any atom is 0.140 e. The van der Waals surface area contributed by atoms with E-state index in [0.29, 0.717) is 0 Å². The molecule has 0 bridgehead atoms. The maximum absolute atomic E-state index is 4.70. The quantitative estimate of drug-likeness (QED) is 0.691. The number of benzene rings is 2. The zero-order valence-corrected chi connectivity index (χ0v) is 11.1. The van der Waals surface area contributed by atoms with E-state index >= 15 is 0 Å². The molecule has 3 rings (SSSR count). The van der Waals surface area contributed by atoms with Gasteiger partial charge in [-0.15, -0.1) is 0 Å². The van der Waals surface area contributed by atoms with Crippen LogP contribution in [0.1, 0.15) is 5.56 Å². The number of fused-ring (bicyclic) bond motifs is 1. The lowest BCUT2D eigenvalue weighted by atomic mass is 10.2. The van der Waals surface area contributed by atoms with Gasteiger partial charge in [0.15, 0.2) is 0 Å². The Labute approximate surface area is 112 Å². The highest BCUT2D eigenvalue weighted by atomic mass is 32.1. The minimum atomic E-state index is 0.752. The van der Waals surface area contributed by atoms with Gasteiger partial charge in [0.05, 0.1) is 11.0 Å². The molecule has 0 fully saturated rings. The maximum atomic E-state index is 4.70. The first-order valence-electron chi connectivity index (χ1n) is 5.91. The zero-order chi connectivity index (χ0) is 12.5. The van der Waals surface area contributed by atoms with E-state index in [1.165, 1.54) is 5.56 Å². The summed E-state index contributed by atoms with van der Waals surface area (Å²) >= 11 is 4.32. The first-order chi connectivity index (χ1) is 8.79. The third kappa shape index (κ3) is 1.81. The summed E-state index contributed by atoms with van der Waals surface area (Å²) in [5.41, 5.74) is 4.54. The molecule has 1 heterocycles. The lowest BCUT2D eigenvalue weighted by Gasteiger charge is -2.02.